The second-order valence-electron chi connectivity index (χ2n) is 5.79. The number of nitrogens with zero attached hydrogens (tertiary/aromatic N) is 2. The lowest BCUT2D eigenvalue weighted by molar-refractivity contribution is 0.357. The van der Waals surface area contributed by atoms with Crippen LogP contribution in [0.2, 0.25) is 0 Å². The summed E-state index contributed by atoms with van der Waals surface area (Å²) >= 11 is 0. The van der Waals surface area contributed by atoms with Crippen LogP contribution in [0.25, 0.3) is 0 Å². The Labute approximate surface area is 143 Å². The van der Waals surface area contributed by atoms with Crippen LogP contribution < -0.4 is 15.4 Å². The molecule has 0 amide bonds. The van der Waals surface area contributed by atoms with Gasteiger partial charge in [0.25, 0.3) is 0 Å². The Balaban J connectivity index is 1.40. The lowest BCUT2D eigenvalue weighted by Gasteiger charge is -2.12. The highest BCUT2D eigenvalue weighted by Gasteiger charge is 2.11. The summed E-state index contributed by atoms with van der Waals surface area (Å²) in [7, 11) is 1.79. The number of aliphatic imine (C=N–C) groups is 1. The van der Waals surface area contributed by atoms with Crippen molar-refractivity contribution in [2.75, 3.05) is 26.7 Å². The molecule has 0 aliphatic carbocycles. The highest BCUT2D eigenvalue weighted by Crippen LogP contribution is 2.25. The normalized spacial score (nSPS) is 13.3. The van der Waals surface area contributed by atoms with Crippen molar-refractivity contribution in [1.29, 1.82) is 0 Å². The fourth-order valence-corrected chi connectivity index (χ4v) is 2.80. The highest BCUT2D eigenvalue weighted by molar-refractivity contribution is 5.79. The fraction of sp³-hybridized carbons (Fsp3) is 0.368. The first-order chi connectivity index (χ1) is 11.8. The zero-order valence-electron chi connectivity index (χ0n) is 14.1. The van der Waals surface area contributed by atoms with Crippen molar-refractivity contribution >= 4 is 5.96 Å². The van der Waals surface area contributed by atoms with Crippen LogP contribution >= 0.6 is 0 Å². The maximum atomic E-state index is 5.54. The second kappa shape index (κ2) is 8.34. The van der Waals surface area contributed by atoms with Crippen LogP contribution in [0, 0.1) is 0 Å². The van der Waals surface area contributed by atoms with Gasteiger partial charge in [-0.05, 0) is 35.7 Å². The molecule has 0 saturated heterocycles. The summed E-state index contributed by atoms with van der Waals surface area (Å²) in [6.45, 7) is 2.47. The van der Waals surface area contributed by atoms with Crippen LogP contribution in [0.3, 0.4) is 0 Å². The van der Waals surface area contributed by atoms with E-state index in [1.807, 2.05) is 24.4 Å². The SMILES string of the molecule is CN=C(NCCc1ccc2c(c1)CCO2)NCCc1ccccn1. The average Bonchev–Trinajstić information content (AvgIpc) is 3.09. The zero-order valence-corrected chi connectivity index (χ0v) is 14.1. The number of ether oxygens (including phenoxy) is 1. The number of guanidine groups is 1. The molecule has 2 N–H and O–H groups in total. The first kappa shape index (κ1) is 16.3. The van der Waals surface area contributed by atoms with Crippen LogP contribution in [-0.4, -0.2) is 37.7 Å². The van der Waals surface area contributed by atoms with E-state index >= 15 is 0 Å². The number of aromatic nitrogens is 1. The Morgan fingerprint density at radius 1 is 1.17 bits per heavy atom. The quantitative estimate of drug-likeness (QED) is 0.630. The number of fused-ring (bicyclic) bond motifs is 1. The monoisotopic (exact) mass is 324 g/mol. The molecule has 2 heterocycles. The molecule has 1 aliphatic rings. The van der Waals surface area contributed by atoms with Crippen LogP contribution in [0.4, 0.5) is 0 Å². The van der Waals surface area contributed by atoms with Gasteiger partial charge in [0, 0.05) is 44.9 Å². The maximum absolute atomic E-state index is 5.54. The highest BCUT2D eigenvalue weighted by atomic mass is 16.5. The minimum Gasteiger partial charge on any atom is -0.493 e. The Bertz CT molecular complexity index is 685. The minimum atomic E-state index is 0.809. The predicted molar refractivity (Wildman–Crippen MR) is 96.7 cm³/mol. The molecule has 1 aromatic heterocycles. The van der Waals surface area contributed by atoms with Gasteiger partial charge in [-0.25, -0.2) is 0 Å². The average molecular weight is 324 g/mol. The van der Waals surface area contributed by atoms with Crippen molar-refractivity contribution in [2.24, 2.45) is 4.99 Å². The van der Waals surface area contributed by atoms with E-state index in [1.54, 1.807) is 7.05 Å². The summed E-state index contributed by atoms with van der Waals surface area (Å²) in [6.07, 6.45) is 4.69. The zero-order chi connectivity index (χ0) is 16.6. The van der Waals surface area contributed by atoms with E-state index < -0.39 is 0 Å². The predicted octanol–water partition coefficient (Wildman–Crippen LogP) is 1.97. The van der Waals surface area contributed by atoms with Gasteiger partial charge >= 0.3 is 0 Å². The first-order valence-corrected chi connectivity index (χ1v) is 8.44. The summed E-state index contributed by atoms with van der Waals surface area (Å²) in [5.41, 5.74) is 3.74. The van der Waals surface area contributed by atoms with E-state index in [2.05, 4.69) is 38.8 Å². The summed E-state index contributed by atoms with van der Waals surface area (Å²) in [6, 6.07) is 12.5. The molecule has 0 spiro atoms. The largest absolute Gasteiger partial charge is 0.493 e. The summed E-state index contributed by atoms with van der Waals surface area (Å²) < 4.78 is 5.54. The molecular formula is C19H24N4O. The Kier molecular flexibility index (Phi) is 5.66. The topological polar surface area (TPSA) is 58.5 Å². The van der Waals surface area contributed by atoms with Gasteiger partial charge in [-0.15, -0.1) is 0 Å². The van der Waals surface area contributed by atoms with Crippen molar-refractivity contribution in [1.82, 2.24) is 15.6 Å². The van der Waals surface area contributed by atoms with Gasteiger partial charge in [0.15, 0.2) is 5.96 Å². The van der Waals surface area contributed by atoms with Gasteiger partial charge < -0.3 is 15.4 Å². The van der Waals surface area contributed by atoms with Crippen LogP contribution in [0.1, 0.15) is 16.8 Å². The Morgan fingerprint density at radius 2 is 2.04 bits per heavy atom. The number of nitrogens with one attached hydrogen (secondary N) is 2. The van der Waals surface area contributed by atoms with E-state index in [1.165, 1.54) is 11.1 Å². The first-order valence-electron chi connectivity index (χ1n) is 8.44. The molecule has 0 radical (unpaired) electrons. The number of pyridine rings is 1. The molecule has 5 nitrogen and oxygen atoms in total. The number of hydrogen-bond acceptors (Lipinski definition) is 3. The molecule has 1 aromatic carbocycles. The van der Waals surface area contributed by atoms with Crippen molar-refractivity contribution in [3.63, 3.8) is 0 Å². The third-order valence-corrected chi connectivity index (χ3v) is 4.08. The molecular weight excluding hydrogens is 300 g/mol. The van der Waals surface area contributed by atoms with E-state index in [9.17, 15) is 0 Å². The van der Waals surface area contributed by atoms with E-state index in [-0.39, 0.29) is 0 Å². The van der Waals surface area contributed by atoms with Gasteiger partial charge in [0.05, 0.1) is 6.61 Å². The van der Waals surface area contributed by atoms with Crippen molar-refractivity contribution in [3.8, 4) is 5.75 Å². The third-order valence-electron chi connectivity index (χ3n) is 4.08. The molecule has 0 unspecified atom stereocenters. The number of rotatable bonds is 6. The molecule has 3 rings (SSSR count). The molecule has 5 heteroatoms. The van der Waals surface area contributed by atoms with Crippen molar-refractivity contribution < 1.29 is 4.74 Å². The lowest BCUT2D eigenvalue weighted by Crippen LogP contribution is -2.39. The number of benzene rings is 1. The van der Waals surface area contributed by atoms with Crippen LogP contribution in [0.15, 0.2) is 47.6 Å². The van der Waals surface area contributed by atoms with Crippen LogP contribution in [0.5, 0.6) is 5.75 Å². The molecule has 2 aromatic rings. The summed E-state index contributed by atoms with van der Waals surface area (Å²) in [5.74, 6) is 1.87. The summed E-state index contributed by atoms with van der Waals surface area (Å²) in [4.78, 5) is 8.58. The van der Waals surface area contributed by atoms with Crippen molar-refractivity contribution in [2.45, 2.75) is 19.3 Å². The second-order valence-corrected chi connectivity index (χ2v) is 5.79. The van der Waals surface area contributed by atoms with Gasteiger partial charge in [0.2, 0.25) is 0 Å². The lowest BCUT2D eigenvalue weighted by atomic mass is 10.1. The molecule has 0 bridgehead atoms. The molecule has 1 aliphatic heterocycles. The molecule has 24 heavy (non-hydrogen) atoms. The molecule has 0 atom stereocenters. The Morgan fingerprint density at radius 3 is 2.83 bits per heavy atom. The minimum absolute atomic E-state index is 0.809. The number of hydrogen-bond donors (Lipinski definition) is 2. The molecule has 0 saturated carbocycles. The standard InChI is InChI=1S/C19H24N4O/c1-20-19(23-12-8-17-4-2-3-10-21-17)22-11-7-15-5-6-18-16(14-15)9-13-24-18/h2-6,10,14H,7-9,11-13H2,1H3,(H2,20,22,23). The van der Waals surface area contributed by atoms with Gasteiger partial charge in [-0.1, -0.05) is 18.2 Å². The maximum Gasteiger partial charge on any atom is 0.190 e. The smallest absolute Gasteiger partial charge is 0.190 e. The van der Waals surface area contributed by atoms with Crippen molar-refractivity contribution in [3.05, 3.63) is 59.4 Å². The van der Waals surface area contributed by atoms with E-state index in [4.69, 9.17) is 4.74 Å². The van der Waals surface area contributed by atoms with Gasteiger partial charge in [-0.3, -0.25) is 9.98 Å². The van der Waals surface area contributed by atoms with E-state index in [0.29, 0.717) is 0 Å². The molecule has 0 fully saturated rings. The summed E-state index contributed by atoms with van der Waals surface area (Å²) in [5, 5.41) is 6.68. The molecule has 126 valence electrons. The van der Waals surface area contributed by atoms with E-state index in [0.717, 1.165) is 56.4 Å². The third kappa shape index (κ3) is 4.47. The Hall–Kier alpha value is -2.56. The van der Waals surface area contributed by atoms with Gasteiger partial charge in [0.1, 0.15) is 5.75 Å². The fourth-order valence-electron chi connectivity index (χ4n) is 2.80. The van der Waals surface area contributed by atoms with Crippen LogP contribution in [-0.2, 0) is 19.3 Å². The van der Waals surface area contributed by atoms with Gasteiger partial charge in [-0.2, -0.15) is 0 Å².